The zero-order valence-corrected chi connectivity index (χ0v) is 10.9. The van der Waals surface area contributed by atoms with Gasteiger partial charge in [0.25, 0.3) is 0 Å². The molecule has 0 saturated carbocycles. The SMILES string of the molecule is CCCC(Oc1ccc(CC(C)N)cc1)C(=O)O. The summed E-state index contributed by atoms with van der Waals surface area (Å²) in [6.07, 6.45) is 1.32. The van der Waals surface area contributed by atoms with Crippen LogP contribution in [0.5, 0.6) is 5.75 Å². The number of aliphatic carboxylic acids is 1. The molecule has 0 aromatic heterocycles. The van der Waals surface area contributed by atoms with E-state index in [4.69, 9.17) is 15.6 Å². The standard InChI is InChI=1S/C14H21NO3/c1-3-4-13(14(16)17)18-12-7-5-11(6-8-12)9-10(2)15/h5-8,10,13H,3-4,9,15H2,1-2H3,(H,16,17). The van der Waals surface area contributed by atoms with Gasteiger partial charge in [-0.25, -0.2) is 4.79 Å². The molecule has 2 unspecified atom stereocenters. The van der Waals surface area contributed by atoms with Gasteiger partial charge in [-0.05, 0) is 37.5 Å². The van der Waals surface area contributed by atoms with Crippen LogP contribution in [0.25, 0.3) is 0 Å². The lowest BCUT2D eigenvalue weighted by molar-refractivity contribution is -0.145. The largest absolute Gasteiger partial charge is 0.479 e. The van der Waals surface area contributed by atoms with E-state index >= 15 is 0 Å². The van der Waals surface area contributed by atoms with Gasteiger partial charge in [0.1, 0.15) is 5.75 Å². The number of carboxylic acids is 1. The average Bonchev–Trinajstić information content (AvgIpc) is 2.30. The van der Waals surface area contributed by atoms with E-state index in [1.165, 1.54) is 0 Å². The monoisotopic (exact) mass is 251 g/mol. The molecule has 1 rings (SSSR count). The van der Waals surface area contributed by atoms with Crippen molar-refractivity contribution in [3.8, 4) is 5.75 Å². The third-order valence-electron chi connectivity index (χ3n) is 2.59. The maximum absolute atomic E-state index is 11.0. The fraction of sp³-hybridized carbons (Fsp3) is 0.500. The molecule has 0 fully saturated rings. The Bertz CT molecular complexity index is 373. The number of hydrogen-bond acceptors (Lipinski definition) is 3. The molecule has 0 aliphatic rings. The molecule has 0 spiro atoms. The van der Waals surface area contributed by atoms with E-state index in [0.29, 0.717) is 12.2 Å². The highest BCUT2D eigenvalue weighted by Gasteiger charge is 2.17. The van der Waals surface area contributed by atoms with Crippen molar-refractivity contribution < 1.29 is 14.6 Å². The number of nitrogens with two attached hydrogens (primary N) is 1. The second kappa shape index (κ2) is 7.01. The highest BCUT2D eigenvalue weighted by Crippen LogP contribution is 2.16. The van der Waals surface area contributed by atoms with Gasteiger partial charge in [-0.1, -0.05) is 25.5 Å². The molecule has 100 valence electrons. The number of hydrogen-bond donors (Lipinski definition) is 2. The molecular formula is C14H21NO3. The van der Waals surface area contributed by atoms with Crippen molar-refractivity contribution in [2.75, 3.05) is 0 Å². The summed E-state index contributed by atoms with van der Waals surface area (Å²) in [5.41, 5.74) is 6.84. The summed E-state index contributed by atoms with van der Waals surface area (Å²) in [6.45, 7) is 3.89. The van der Waals surface area contributed by atoms with Gasteiger partial charge in [0.05, 0.1) is 0 Å². The molecule has 18 heavy (non-hydrogen) atoms. The molecule has 3 N–H and O–H groups in total. The van der Waals surface area contributed by atoms with Crippen LogP contribution in [-0.2, 0) is 11.2 Å². The maximum Gasteiger partial charge on any atom is 0.344 e. The minimum absolute atomic E-state index is 0.114. The minimum atomic E-state index is -0.920. The van der Waals surface area contributed by atoms with E-state index in [2.05, 4.69) is 0 Å². The van der Waals surface area contributed by atoms with Gasteiger partial charge in [-0.3, -0.25) is 0 Å². The second-order valence-corrected chi connectivity index (χ2v) is 4.56. The zero-order valence-electron chi connectivity index (χ0n) is 10.9. The van der Waals surface area contributed by atoms with Crippen LogP contribution in [0.15, 0.2) is 24.3 Å². The Balaban J connectivity index is 2.64. The summed E-state index contributed by atoms with van der Waals surface area (Å²) >= 11 is 0. The molecule has 1 aromatic carbocycles. The first-order valence-corrected chi connectivity index (χ1v) is 6.27. The summed E-state index contributed by atoms with van der Waals surface area (Å²) in [4.78, 5) is 11.0. The van der Waals surface area contributed by atoms with Crippen molar-refractivity contribution in [2.24, 2.45) is 5.73 Å². The fourth-order valence-corrected chi connectivity index (χ4v) is 1.74. The molecule has 1 aromatic rings. The van der Waals surface area contributed by atoms with Gasteiger partial charge < -0.3 is 15.6 Å². The van der Waals surface area contributed by atoms with Crippen LogP contribution in [0.2, 0.25) is 0 Å². The van der Waals surface area contributed by atoms with Gasteiger partial charge in [0.2, 0.25) is 0 Å². The summed E-state index contributed by atoms with van der Waals surface area (Å²) in [7, 11) is 0. The van der Waals surface area contributed by atoms with Gasteiger partial charge in [0, 0.05) is 6.04 Å². The molecule has 0 aliphatic heterocycles. The van der Waals surface area contributed by atoms with E-state index in [1.807, 2.05) is 26.0 Å². The van der Waals surface area contributed by atoms with Crippen LogP contribution in [0, 0.1) is 0 Å². The normalized spacial score (nSPS) is 13.9. The first-order chi connectivity index (χ1) is 8.52. The van der Waals surface area contributed by atoms with Crippen LogP contribution < -0.4 is 10.5 Å². The lowest BCUT2D eigenvalue weighted by Gasteiger charge is -2.14. The second-order valence-electron chi connectivity index (χ2n) is 4.56. The van der Waals surface area contributed by atoms with E-state index < -0.39 is 12.1 Å². The van der Waals surface area contributed by atoms with Crippen LogP contribution in [0.3, 0.4) is 0 Å². The number of carboxylic acid groups (broad SMARTS) is 1. The molecule has 4 nitrogen and oxygen atoms in total. The highest BCUT2D eigenvalue weighted by atomic mass is 16.5. The van der Waals surface area contributed by atoms with Crippen LogP contribution >= 0.6 is 0 Å². The van der Waals surface area contributed by atoms with Crippen molar-refractivity contribution in [3.05, 3.63) is 29.8 Å². The Labute approximate surface area is 108 Å². The lowest BCUT2D eigenvalue weighted by Crippen LogP contribution is -2.26. The lowest BCUT2D eigenvalue weighted by atomic mass is 10.1. The Hall–Kier alpha value is -1.55. The van der Waals surface area contributed by atoms with Crippen molar-refractivity contribution in [2.45, 2.75) is 45.3 Å². The van der Waals surface area contributed by atoms with Gasteiger partial charge in [-0.2, -0.15) is 0 Å². The molecule has 0 bridgehead atoms. The number of rotatable bonds is 7. The van der Waals surface area contributed by atoms with Crippen LogP contribution in [-0.4, -0.2) is 23.2 Å². The molecule has 0 aliphatic carbocycles. The van der Waals surface area contributed by atoms with Crippen molar-refractivity contribution in [1.82, 2.24) is 0 Å². The Morgan fingerprint density at radius 2 is 2.00 bits per heavy atom. The quantitative estimate of drug-likeness (QED) is 0.779. The minimum Gasteiger partial charge on any atom is -0.479 e. The van der Waals surface area contributed by atoms with E-state index in [-0.39, 0.29) is 6.04 Å². The maximum atomic E-state index is 11.0. The fourth-order valence-electron chi connectivity index (χ4n) is 1.74. The number of carbonyl (C=O) groups is 1. The van der Waals surface area contributed by atoms with Crippen LogP contribution in [0.1, 0.15) is 32.3 Å². The molecule has 0 radical (unpaired) electrons. The first kappa shape index (κ1) is 14.5. The molecule has 0 heterocycles. The van der Waals surface area contributed by atoms with E-state index in [9.17, 15) is 4.79 Å². The number of ether oxygens (including phenoxy) is 1. The van der Waals surface area contributed by atoms with Gasteiger partial charge >= 0.3 is 5.97 Å². The van der Waals surface area contributed by atoms with E-state index in [1.54, 1.807) is 12.1 Å². The first-order valence-electron chi connectivity index (χ1n) is 6.27. The third kappa shape index (κ3) is 4.75. The zero-order chi connectivity index (χ0) is 13.5. The highest BCUT2D eigenvalue weighted by molar-refractivity contribution is 5.72. The van der Waals surface area contributed by atoms with Crippen molar-refractivity contribution >= 4 is 5.97 Å². The van der Waals surface area contributed by atoms with E-state index in [0.717, 1.165) is 18.4 Å². The predicted octanol–water partition coefficient (Wildman–Crippen LogP) is 2.21. The third-order valence-corrected chi connectivity index (χ3v) is 2.59. The van der Waals surface area contributed by atoms with Gasteiger partial charge in [0.15, 0.2) is 6.10 Å². The molecule has 2 atom stereocenters. The smallest absolute Gasteiger partial charge is 0.344 e. The summed E-state index contributed by atoms with van der Waals surface area (Å²) in [5.74, 6) is -0.333. The Morgan fingerprint density at radius 3 is 2.44 bits per heavy atom. The van der Waals surface area contributed by atoms with Crippen molar-refractivity contribution in [3.63, 3.8) is 0 Å². The molecule has 0 amide bonds. The summed E-state index contributed by atoms with van der Waals surface area (Å²) < 4.78 is 5.45. The van der Waals surface area contributed by atoms with Crippen LogP contribution in [0.4, 0.5) is 0 Å². The Morgan fingerprint density at radius 1 is 1.39 bits per heavy atom. The molecular weight excluding hydrogens is 230 g/mol. The van der Waals surface area contributed by atoms with Gasteiger partial charge in [-0.15, -0.1) is 0 Å². The summed E-state index contributed by atoms with van der Waals surface area (Å²) in [5, 5.41) is 9.00. The predicted molar refractivity (Wildman–Crippen MR) is 70.8 cm³/mol. The summed E-state index contributed by atoms with van der Waals surface area (Å²) in [6, 6.07) is 7.54. The molecule has 4 heteroatoms. The topological polar surface area (TPSA) is 72.5 Å². The number of benzene rings is 1. The molecule has 0 saturated heterocycles. The van der Waals surface area contributed by atoms with Crippen molar-refractivity contribution in [1.29, 1.82) is 0 Å². The Kier molecular flexibility index (Phi) is 5.65. The average molecular weight is 251 g/mol.